The minimum atomic E-state index is -0.552. The quantitative estimate of drug-likeness (QED) is 0.455. The molecule has 0 bridgehead atoms. The summed E-state index contributed by atoms with van der Waals surface area (Å²) in [5.74, 6) is 0. The van der Waals surface area contributed by atoms with E-state index in [1.165, 1.54) is 11.4 Å². The average molecular weight is 154 g/mol. The predicted octanol–water partition coefficient (Wildman–Crippen LogP) is 1.53. The van der Waals surface area contributed by atoms with Gasteiger partial charge in [-0.25, -0.2) is 0 Å². The molecule has 0 spiro atoms. The van der Waals surface area contributed by atoms with Crippen LogP contribution < -0.4 is 0 Å². The fraction of sp³-hybridized carbons (Fsp3) is 0. The third-order valence-electron chi connectivity index (χ3n) is 0.931. The first-order chi connectivity index (χ1) is 4.75. The van der Waals surface area contributed by atoms with Crippen LogP contribution in [0.3, 0.4) is 0 Å². The largest absolute Gasteiger partial charge is 0.341 e. The van der Waals surface area contributed by atoms with Gasteiger partial charge in [-0.15, -0.1) is 0 Å². The average Bonchev–Trinajstić information content (AvgIpc) is 2.33. The van der Waals surface area contributed by atoms with E-state index in [4.69, 9.17) is 5.26 Å². The zero-order valence-electron chi connectivity index (χ0n) is 4.77. The maximum Gasteiger partial charge on any atom is 0.341 e. The molecule has 0 aromatic carbocycles. The Labute approximate surface area is 60.5 Å². The van der Waals surface area contributed by atoms with E-state index < -0.39 is 4.92 Å². The van der Waals surface area contributed by atoms with E-state index in [1.54, 1.807) is 6.07 Å². The van der Waals surface area contributed by atoms with Crippen molar-refractivity contribution >= 4 is 16.3 Å². The van der Waals surface area contributed by atoms with Gasteiger partial charge in [0.2, 0.25) is 0 Å². The Kier molecular flexibility index (Phi) is 1.65. The molecule has 0 unspecified atom stereocenters. The van der Waals surface area contributed by atoms with E-state index in [0.717, 1.165) is 11.3 Å². The third-order valence-corrected chi connectivity index (χ3v) is 1.80. The summed E-state index contributed by atoms with van der Waals surface area (Å²) < 4.78 is 0. The van der Waals surface area contributed by atoms with Crippen molar-refractivity contribution in [3.63, 3.8) is 0 Å². The monoisotopic (exact) mass is 154 g/mol. The smallest absolute Gasteiger partial charge is 0.258 e. The van der Waals surface area contributed by atoms with Crippen molar-refractivity contribution in [1.82, 2.24) is 0 Å². The lowest BCUT2D eigenvalue weighted by Gasteiger charge is -1.81. The van der Waals surface area contributed by atoms with Gasteiger partial charge >= 0.3 is 5.00 Å². The van der Waals surface area contributed by atoms with Crippen LogP contribution in [0.1, 0.15) is 5.56 Å². The van der Waals surface area contributed by atoms with Gasteiger partial charge in [-0.3, -0.25) is 10.1 Å². The molecule has 1 rings (SSSR count). The van der Waals surface area contributed by atoms with Gasteiger partial charge in [0.25, 0.3) is 0 Å². The summed E-state index contributed by atoms with van der Waals surface area (Å²) in [7, 11) is 0. The predicted molar refractivity (Wildman–Crippen MR) is 35.7 cm³/mol. The van der Waals surface area contributed by atoms with E-state index in [-0.39, 0.29) is 10.6 Å². The van der Waals surface area contributed by atoms with E-state index in [9.17, 15) is 10.1 Å². The van der Waals surface area contributed by atoms with Gasteiger partial charge in [0.15, 0.2) is 0 Å². The molecule has 10 heavy (non-hydrogen) atoms. The van der Waals surface area contributed by atoms with Crippen molar-refractivity contribution in [1.29, 1.82) is 5.26 Å². The highest BCUT2D eigenvalue weighted by atomic mass is 32.1. The maximum absolute atomic E-state index is 10.1. The SMILES string of the molecule is N#Cc1ccsc1[N+](=O)[O-]. The summed E-state index contributed by atoms with van der Waals surface area (Å²) in [5, 5.41) is 19.9. The van der Waals surface area contributed by atoms with Crippen LogP contribution in [0.25, 0.3) is 0 Å². The summed E-state index contributed by atoms with van der Waals surface area (Å²) in [6.45, 7) is 0. The molecule has 0 aliphatic rings. The minimum Gasteiger partial charge on any atom is -0.258 e. The summed E-state index contributed by atoms with van der Waals surface area (Å²) >= 11 is 0.961. The maximum atomic E-state index is 10.1. The van der Waals surface area contributed by atoms with Crippen LogP contribution in [0.4, 0.5) is 5.00 Å². The van der Waals surface area contributed by atoms with Crippen molar-refractivity contribution in [2.75, 3.05) is 0 Å². The van der Waals surface area contributed by atoms with E-state index >= 15 is 0 Å². The van der Waals surface area contributed by atoms with Gasteiger partial charge in [0, 0.05) is 0 Å². The number of nitro groups is 1. The van der Waals surface area contributed by atoms with Crippen LogP contribution in [0.2, 0.25) is 0 Å². The van der Waals surface area contributed by atoms with Gasteiger partial charge in [-0.1, -0.05) is 11.3 Å². The van der Waals surface area contributed by atoms with Crippen molar-refractivity contribution in [3.05, 3.63) is 27.1 Å². The molecule has 0 fully saturated rings. The van der Waals surface area contributed by atoms with E-state index in [1.807, 2.05) is 0 Å². The molecule has 0 radical (unpaired) electrons. The Hall–Kier alpha value is -1.41. The first kappa shape index (κ1) is 6.71. The molecule has 0 amide bonds. The third kappa shape index (κ3) is 0.967. The van der Waals surface area contributed by atoms with Crippen molar-refractivity contribution < 1.29 is 4.92 Å². The van der Waals surface area contributed by atoms with Crippen molar-refractivity contribution in [2.24, 2.45) is 0 Å². The fourth-order valence-corrected chi connectivity index (χ4v) is 1.19. The summed E-state index contributed by atoms with van der Waals surface area (Å²) in [4.78, 5) is 9.55. The van der Waals surface area contributed by atoms with Gasteiger partial charge in [0.05, 0.1) is 4.92 Å². The van der Waals surface area contributed by atoms with Crippen LogP contribution >= 0.6 is 11.3 Å². The van der Waals surface area contributed by atoms with Crippen LogP contribution in [0.5, 0.6) is 0 Å². The van der Waals surface area contributed by atoms with Crippen LogP contribution in [-0.2, 0) is 0 Å². The molecule has 0 N–H and O–H groups in total. The second kappa shape index (κ2) is 2.45. The summed E-state index contributed by atoms with van der Waals surface area (Å²) in [6, 6.07) is 3.16. The number of thiophene rings is 1. The molecule has 0 aliphatic heterocycles. The number of hydrogen-bond acceptors (Lipinski definition) is 4. The second-order valence-electron chi connectivity index (χ2n) is 1.51. The van der Waals surface area contributed by atoms with E-state index in [2.05, 4.69) is 0 Å². The van der Waals surface area contributed by atoms with Crippen LogP contribution in [-0.4, -0.2) is 4.92 Å². The lowest BCUT2D eigenvalue weighted by Crippen LogP contribution is -1.85. The lowest BCUT2D eigenvalue weighted by molar-refractivity contribution is -0.380. The zero-order chi connectivity index (χ0) is 7.56. The molecule has 4 nitrogen and oxygen atoms in total. The molecular formula is C5H2N2O2S. The molecule has 0 saturated heterocycles. The lowest BCUT2D eigenvalue weighted by atomic mass is 10.4. The van der Waals surface area contributed by atoms with Gasteiger partial charge < -0.3 is 0 Å². The highest BCUT2D eigenvalue weighted by molar-refractivity contribution is 7.13. The molecule has 1 heterocycles. The molecule has 0 aliphatic carbocycles. The van der Waals surface area contributed by atoms with Gasteiger partial charge in [0.1, 0.15) is 11.6 Å². The van der Waals surface area contributed by atoms with E-state index in [0.29, 0.717) is 0 Å². The zero-order valence-corrected chi connectivity index (χ0v) is 5.59. The number of hydrogen-bond donors (Lipinski definition) is 0. The highest BCUT2D eigenvalue weighted by Gasteiger charge is 2.13. The fourth-order valence-electron chi connectivity index (χ4n) is 0.528. The Bertz CT molecular complexity index is 299. The molecule has 0 atom stereocenters. The van der Waals surface area contributed by atoms with Gasteiger partial charge in [-0.05, 0) is 11.4 Å². The topological polar surface area (TPSA) is 66.9 Å². The molecular weight excluding hydrogens is 152 g/mol. The first-order valence-electron chi connectivity index (χ1n) is 2.37. The molecule has 50 valence electrons. The Morgan fingerprint density at radius 3 is 2.90 bits per heavy atom. The molecule has 1 aromatic heterocycles. The normalized spacial score (nSPS) is 8.70. The number of nitriles is 1. The van der Waals surface area contributed by atoms with Crippen LogP contribution in [0, 0.1) is 21.4 Å². The first-order valence-corrected chi connectivity index (χ1v) is 3.25. The van der Waals surface area contributed by atoms with Gasteiger partial charge in [-0.2, -0.15) is 5.26 Å². The minimum absolute atomic E-state index is 0.0810. The summed E-state index contributed by atoms with van der Waals surface area (Å²) in [5.41, 5.74) is 0.134. The second-order valence-corrected chi connectivity index (χ2v) is 2.40. The van der Waals surface area contributed by atoms with Crippen molar-refractivity contribution in [3.8, 4) is 6.07 Å². The number of nitrogens with zero attached hydrogens (tertiary/aromatic N) is 2. The molecule has 0 saturated carbocycles. The standard InChI is InChI=1S/C5H2N2O2S/c6-3-4-1-2-10-5(4)7(8)9/h1-2H. The molecule has 5 heteroatoms. The van der Waals surface area contributed by atoms with Crippen LogP contribution in [0.15, 0.2) is 11.4 Å². The Balaban J connectivity index is 3.17. The molecule has 1 aromatic rings. The highest BCUT2D eigenvalue weighted by Crippen LogP contribution is 2.23. The number of rotatable bonds is 1. The summed E-state index contributed by atoms with van der Waals surface area (Å²) in [6.07, 6.45) is 0. The van der Waals surface area contributed by atoms with Crippen molar-refractivity contribution in [2.45, 2.75) is 0 Å². The Morgan fingerprint density at radius 1 is 1.80 bits per heavy atom. The Morgan fingerprint density at radius 2 is 2.50 bits per heavy atom.